The van der Waals surface area contributed by atoms with Crippen LogP contribution in [0.4, 0.5) is 0 Å². The molecule has 0 aliphatic rings. The number of rotatable bonds is 6. The molecule has 0 aliphatic heterocycles. The molecule has 96 valence electrons. The van der Waals surface area contributed by atoms with Crippen LogP contribution in [0.1, 0.15) is 30.1 Å². The van der Waals surface area contributed by atoms with Gasteiger partial charge in [0, 0.05) is 28.2 Å². The topological polar surface area (TPSA) is 37.8 Å². The van der Waals surface area contributed by atoms with Crippen molar-refractivity contribution in [3.8, 4) is 0 Å². The first-order valence-corrected chi connectivity index (χ1v) is 7.70. The molecule has 0 spiro atoms. The highest BCUT2D eigenvalue weighted by atomic mass is 79.9. The van der Waals surface area contributed by atoms with E-state index in [-0.39, 0.29) is 6.04 Å². The normalized spacial score (nSPS) is 12.6. The number of thiophene rings is 1. The predicted octanol–water partition coefficient (Wildman–Crippen LogP) is 3.58. The monoisotopic (exact) mass is 325 g/mol. The Balaban J connectivity index is 2.13. The van der Waals surface area contributed by atoms with Crippen LogP contribution in [0.3, 0.4) is 0 Å². The van der Waals surface area contributed by atoms with E-state index in [1.807, 2.05) is 6.07 Å². The summed E-state index contributed by atoms with van der Waals surface area (Å²) in [6, 6.07) is 4.12. The fourth-order valence-corrected chi connectivity index (χ4v) is 3.28. The van der Waals surface area contributed by atoms with Crippen molar-refractivity contribution in [1.82, 2.24) is 15.3 Å². The van der Waals surface area contributed by atoms with Gasteiger partial charge in [0.2, 0.25) is 0 Å². The lowest BCUT2D eigenvalue weighted by Crippen LogP contribution is -2.25. The summed E-state index contributed by atoms with van der Waals surface area (Å²) < 4.78 is 1.17. The van der Waals surface area contributed by atoms with Crippen molar-refractivity contribution >= 4 is 27.3 Å². The zero-order valence-electron chi connectivity index (χ0n) is 10.3. The van der Waals surface area contributed by atoms with Gasteiger partial charge >= 0.3 is 0 Å². The SMILES string of the molecule is CCCNC(Cc1sccc1Br)c1ncccn1. The number of aromatic nitrogens is 2. The lowest BCUT2D eigenvalue weighted by atomic mass is 10.1. The molecule has 1 atom stereocenters. The van der Waals surface area contributed by atoms with Gasteiger partial charge in [0.25, 0.3) is 0 Å². The summed E-state index contributed by atoms with van der Waals surface area (Å²) in [6.07, 6.45) is 5.62. The van der Waals surface area contributed by atoms with Crippen LogP contribution in [0.5, 0.6) is 0 Å². The summed E-state index contributed by atoms with van der Waals surface area (Å²) >= 11 is 5.34. The number of hydrogen-bond donors (Lipinski definition) is 1. The smallest absolute Gasteiger partial charge is 0.145 e. The van der Waals surface area contributed by atoms with Gasteiger partial charge in [-0.05, 0) is 46.4 Å². The van der Waals surface area contributed by atoms with Crippen molar-refractivity contribution in [2.24, 2.45) is 0 Å². The highest BCUT2D eigenvalue weighted by Gasteiger charge is 2.16. The molecule has 1 unspecified atom stereocenters. The number of nitrogens with one attached hydrogen (secondary N) is 1. The molecule has 0 saturated carbocycles. The molecule has 0 fully saturated rings. The van der Waals surface area contributed by atoms with Gasteiger partial charge in [0.15, 0.2) is 0 Å². The van der Waals surface area contributed by atoms with Gasteiger partial charge in [0.05, 0.1) is 6.04 Å². The van der Waals surface area contributed by atoms with Crippen LogP contribution in [0.2, 0.25) is 0 Å². The third kappa shape index (κ3) is 3.60. The average molecular weight is 326 g/mol. The second kappa shape index (κ2) is 6.97. The summed E-state index contributed by atoms with van der Waals surface area (Å²) in [6.45, 7) is 3.14. The third-order valence-corrected chi connectivity index (χ3v) is 4.57. The average Bonchev–Trinajstić information content (AvgIpc) is 2.81. The van der Waals surface area contributed by atoms with E-state index < -0.39 is 0 Å². The summed E-state index contributed by atoms with van der Waals surface area (Å²) in [4.78, 5) is 10.0. The minimum atomic E-state index is 0.182. The fourth-order valence-electron chi connectivity index (χ4n) is 1.72. The van der Waals surface area contributed by atoms with Gasteiger partial charge in [-0.2, -0.15) is 0 Å². The van der Waals surface area contributed by atoms with Crippen molar-refractivity contribution in [2.75, 3.05) is 6.54 Å². The van der Waals surface area contributed by atoms with Crippen LogP contribution >= 0.6 is 27.3 Å². The molecule has 0 saturated heterocycles. The standard InChI is InChI=1S/C13H16BrN3S/c1-2-5-15-11(13-16-6-3-7-17-13)9-12-10(14)4-8-18-12/h3-4,6-8,11,15H,2,5,9H2,1H3. The minimum absolute atomic E-state index is 0.182. The number of hydrogen-bond acceptors (Lipinski definition) is 4. The first-order valence-electron chi connectivity index (χ1n) is 6.03. The Kier molecular flexibility index (Phi) is 5.28. The Hall–Kier alpha value is -0.780. The van der Waals surface area contributed by atoms with Gasteiger partial charge in [-0.15, -0.1) is 11.3 Å². The predicted molar refractivity (Wildman–Crippen MR) is 78.8 cm³/mol. The Morgan fingerprint density at radius 1 is 1.39 bits per heavy atom. The molecule has 5 heteroatoms. The Labute approximate surface area is 120 Å². The molecule has 2 rings (SSSR count). The molecular weight excluding hydrogens is 310 g/mol. The largest absolute Gasteiger partial charge is 0.307 e. The van der Waals surface area contributed by atoms with E-state index in [0.717, 1.165) is 25.2 Å². The Morgan fingerprint density at radius 3 is 2.78 bits per heavy atom. The molecule has 0 amide bonds. The van der Waals surface area contributed by atoms with Crippen LogP contribution in [0.25, 0.3) is 0 Å². The molecule has 0 radical (unpaired) electrons. The van der Waals surface area contributed by atoms with E-state index in [1.54, 1.807) is 23.7 Å². The number of halogens is 1. The van der Waals surface area contributed by atoms with Crippen LogP contribution in [-0.4, -0.2) is 16.5 Å². The lowest BCUT2D eigenvalue weighted by molar-refractivity contribution is 0.506. The molecule has 0 bridgehead atoms. The van der Waals surface area contributed by atoms with E-state index in [2.05, 4.69) is 49.6 Å². The van der Waals surface area contributed by atoms with Crippen molar-refractivity contribution in [3.63, 3.8) is 0 Å². The summed E-state index contributed by atoms with van der Waals surface area (Å²) in [5.41, 5.74) is 0. The summed E-state index contributed by atoms with van der Waals surface area (Å²) in [5, 5.41) is 5.61. The van der Waals surface area contributed by atoms with Crippen molar-refractivity contribution in [3.05, 3.63) is 45.1 Å². The maximum atomic E-state index is 4.36. The second-order valence-electron chi connectivity index (χ2n) is 4.01. The Bertz CT molecular complexity index is 472. The van der Waals surface area contributed by atoms with Crippen LogP contribution < -0.4 is 5.32 Å². The van der Waals surface area contributed by atoms with Gasteiger partial charge < -0.3 is 5.32 Å². The first kappa shape index (κ1) is 13.6. The maximum Gasteiger partial charge on any atom is 0.145 e. The van der Waals surface area contributed by atoms with Gasteiger partial charge in [0.1, 0.15) is 5.82 Å². The highest BCUT2D eigenvalue weighted by Crippen LogP contribution is 2.27. The van der Waals surface area contributed by atoms with Crippen LogP contribution in [0, 0.1) is 0 Å². The quantitative estimate of drug-likeness (QED) is 0.882. The zero-order chi connectivity index (χ0) is 12.8. The summed E-state index contributed by atoms with van der Waals surface area (Å²) in [7, 11) is 0. The molecule has 0 aliphatic carbocycles. The molecule has 3 nitrogen and oxygen atoms in total. The molecule has 2 aromatic rings. The lowest BCUT2D eigenvalue weighted by Gasteiger charge is -2.16. The van der Waals surface area contributed by atoms with Crippen LogP contribution in [-0.2, 0) is 6.42 Å². The Morgan fingerprint density at radius 2 is 2.17 bits per heavy atom. The molecule has 2 heterocycles. The van der Waals surface area contributed by atoms with Gasteiger partial charge in [-0.1, -0.05) is 6.92 Å². The van der Waals surface area contributed by atoms with Crippen molar-refractivity contribution in [1.29, 1.82) is 0 Å². The molecule has 2 aromatic heterocycles. The third-order valence-electron chi connectivity index (χ3n) is 2.62. The van der Waals surface area contributed by atoms with E-state index in [1.165, 1.54) is 9.35 Å². The molecular formula is C13H16BrN3S. The van der Waals surface area contributed by atoms with Gasteiger partial charge in [-0.25, -0.2) is 9.97 Å². The first-order chi connectivity index (χ1) is 8.81. The maximum absolute atomic E-state index is 4.36. The summed E-state index contributed by atoms with van der Waals surface area (Å²) in [5.74, 6) is 0.867. The second-order valence-corrected chi connectivity index (χ2v) is 5.86. The highest BCUT2D eigenvalue weighted by molar-refractivity contribution is 9.10. The minimum Gasteiger partial charge on any atom is -0.307 e. The molecule has 18 heavy (non-hydrogen) atoms. The van der Waals surface area contributed by atoms with Crippen molar-refractivity contribution in [2.45, 2.75) is 25.8 Å². The van der Waals surface area contributed by atoms with Crippen molar-refractivity contribution < 1.29 is 0 Å². The zero-order valence-corrected chi connectivity index (χ0v) is 12.7. The molecule has 0 aromatic carbocycles. The van der Waals surface area contributed by atoms with Crippen LogP contribution in [0.15, 0.2) is 34.4 Å². The molecule has 1 N–H and O–H groups in total. The number of nitrogens with zero attached hydrogens (tertiary/aromatic N) is 2. The van der Waals surface area contributed by atoms with Gasteiger partial charge in [-0.3, -0.25) is 0 Å². The van der Waals surface area contributed by atoms with E-state index >= 15 is 0 Å². The van der Waals surface area contributed by atoms with E-state index in [9.17, 15) is 0 Å². The van der Waals surface area contributed by atoms with E-state index in [0.29, 0.717) is 0 Å². The fraction of sp³-hybridized carbons (Fsp3) is 0.385. The van der Waals surface area contributed by atoms with E-state index in [4.69, 9.17) is 0 Å².